The van der Waals surface area contributed by atoms with E-state index in [0.717, 1.165) is 11.2 Å². The maximum Gasteiger partial charge on any atom is 0.410 e. The van der Waals surface area contributed by atoms with Crippen LogP contribution >= 0.6 is 11.6 Å². The number of nitrogens with two attached hydrogens (primary N) is 1. The molecule has 1 aliphatic rings. The van der Waals surface area contributed by atoms with Gasteiger partial charge in [0.05, 0.1) is 16.0 Å². The monoisotopic (exact) mass is 471 g/mol. The average molecular weight is 472 g/mol. The Morgan fingerprint density at radius 1 is 1.21 bits per heavy atom. The fraction of sp³-hybridized carbons (Fsp3) is 0.409. The summed E-state index contributed by atoms with van der Waals surface area (Å²) < 4.78 is 7.29. The molecule has 4 heterocycles. The van der Waals surface area contributed by atoms with Gasteiger partial charge in [-0.25, -0.2) is 19.7 Å². The molecule has 0 radical (unpaired) electrons. The van der Waals surface area contributed by atoms with E-state index in [1.165, 1.54) is 12.5 Å². The fourth-order valence-corrected chi connectivity index (χ4v) is 4.09. The van der Waals surface area contributed by atoms with E-state index in [4.69, 9.17) is 22.1 Å². The molecule has 2 amide bonds. The van der Waals surface area contributed by atoms with E-state index < -0.39 is 11.5 Å². The molecule has 174 valence electrons. The number of ether oxygens (including phenoxy) is 1. The number of nitrogens with zero attached hydrogens (tertiary/aromatic N) is 6. The van der Waals surface area contributed by atoms with Crippen LogP contribution in [-0.4, -0.2) is 67.7 Å². The van der Waals surface area contributed by atoms with Crippen molar-refractivity contribution >= 4 is 40.5 Å². The molecule has 0 bridgehead atoms. The van der Waals surface area contributed by atoms with Crippen molar-refractivity contribution < 1.29 is 14.3 Å². The number of hydrogen-bond acceptors (Lipinski definition) is 7. The Bertz CT molecular complexity index is 1220. The lowest BCUT2D eigenvalue weighted by Crippen LogP contribution is -2.54. The maximum atomic E-state index is 12.5. The predicted molar refractivity (Wildman–Crippen MR) is 125 cm³/mol. The predicted octanol–water partition coefficient (Wildman–Crippen LogP) is 3.01. The average Bonchev–Trinajstić information content (AvgIpc) is 3.16. The van der Waals surface area contributed by atoms with Crippen molar-refractivity contribution in [2.75, 3.05) is 24.5 Å². The molecule has 0 spiro atoms. The number of primary amides is 1. The molecule has 0 aromatic carbocycles. The topological polar surface area (TPSA) is 119 Å². The highest BCUT2D eigenvalue weighted by Gasteiger charge is 2.31. The number of hydrogen-bond donors (Lipinski definition) is 1. The zero-order valence-corrected chi connectivity index (χ0v) is 19.7. The molecule has 2 N–H and O–H groups in total. The number of carbonyl (C=O) groups excluding carboxylic acids is 2. The number of fused-ring (bicyclic) bond motifs is 1. The summed E-state index contributed by atoms with van der Waals surface area (Å²) >= 11 is 6.21. The van der Waals surface area contributed by atoms with E-state index in [2.05, 4.69) is 19.9 Å². The normalized spacial score (nSPS) is 16.8. The lowest BCUT2D eigenvalue weighted by molar-refractivity contribution is 0.0218. The number of amides is 2. The van der Waals surface area contributed by atoms with Crippen molar-refractivity contribution in [1.82, 2.24) is 24.4 Å². The number of carbonyl (C=O) groups is 2. The van der Waals surface area contributed by atoms with Gasteiger partial charge in [-0.15, -0.1) is 0 Å². The molecule has 1 fully saturated rings. The van der Waals surface area contributed by atoms with Gasteiger partial charge in [0, 0.05) is 44.1 Å². The third kappa shape index (κ3) is 4.56. The van der Waals surface area contributed by atoms with Crippen molar-refractivity contribution in [3.63, 3.8) is 0 Å². The van der Waals surface area contributed by atoms with Crippen LogP contribution in [-0.2, 0) is 4.74 Å². The summed E-state index contributed by atoms with van der Waals surface area (Å²) in [6.07, 6.45) is 4.37. The minimum atomic E-state index is -0.638. The van der Waals surface area contributed by atoms with Gasteiger partial charge in [0.25, 0.3) is 5.91 Å². The van der Waals surface area contributed by atoms with Crippen LogP contribution in [0.4, 0.5) is 10.6 Å². The molecule has 1 atom stereocenters. The van der Waals surface area contributed by atoms with Gasteiger partial charge in [-0.05, 0) is 33.8 Å². The number of aromatic nitrogens is 4. The number of rotatable bonds is 3. The lowest BCUT2D eigenvalue weighted by Gasteiger charge is -2.40. The van der Waals surface area contributed by atoms with Crippen LogP contribution in [0.3, 0.4) is 0 Å². The van der Waals surface area contributed by atoms with E-state index in [0.29, 0.717) is 31.1 Å². The molecule has 11 heteroatoms. The van der Waals surface area contributed by atoms with Crippen LogP contribution in [0.1, 0.15) is 38.1 Å². The van der Waals surface area contributed by atoms with Crippen molar-refractivity contribution in [3.05, 3.63) is 41.4 Å². The zero-order chi connectivity index (χ0) is 23.9. The molecule has 3 aromatic heterocycles. The molecular formula is C22H26ClN7O3. The Morgan fingerprint density at radius 3 is 2.61 bits per heavy atom. The van der Waals surface area contributed by atoms with Gasteiger partial charge in [-0.3, -0.25) is 9.36 Å². The molecule has 33 heavy (non-hydrogen) atoms. The maximum absolute atomic E-state index is 12.5. The van der Waals surface area contributed by atoms with Crippen LogP contribution in [0.5, 0.6) is 0 Å². The molecular weight excluding hydrogens is 446 g/mol. The Morgan fingerprint density at radius 2 is 1.97 bits per heavy atom. The van der Waals surface area contributed by atoms with Gasteiger partial charge in [0.2, 0.25) is 0 Å². The highest BCUT2D eigenvalue weighted by atomic mass is 35.5. The van der Waals surface area contributed by atoms with Gasteiger partial charge >= 0.3 is 6.09 Å². The second kappa shape index (κ2) is 8.51. The first-order valence-electron chi connectivity index (χ1n) is 10.6. The molecule has 4 rings (SSSR count). The zero-order valence-electron chi connectivity index (χ0n) is 18.9. The first-order valence-corrected chi connectivity index (χ1v) is 11.0. The molecule has 1 aliphatic heterocycles. The van der Waals surface area contributed by atoms with Crippen molar-refractivity contribution in [3.8, 4) is 5.82 Å². The van der Waals surface area contributed by atoms with Crippen LogP contribution in [0, 0.1) is 0 Å². The standard InChI is InChI=1S/C22H26ClN7O3/c1-13-11-28(21(32)33-22(2,3)4)7-8-29(13)19-14-5-6-30(20(14)27-12-26-19)17-9-16(23)15(10-25-17)18(24)31/h5-6,9-10,12-13H,7-8,11H2,1-4H3,(H2,24,31)/t13-/m0/s1. The molecule has 3 aromatic rings. The van der Waals surface area contributed by atoms with E-state index in [1.807, 2.05) is 40.0 Å². The summed E-state index contributed by atoms with van der Waals surface area (Å²) in [7, 11) is 0. The molecule has 0 unspecified atom stereocenters. The summed E-state index contributed by atoms with van der Waals surface area (Å²) in [5.41, 5.74) is 5.59. The highest BCUT2D eigenvalue weighted by molar-refractivity contribution is 6.33. The number of piperazine rings is 1. The van der Waals surface area contributed by atoms with Crippen molar-refractivity contribution in [1.29, 1.82) is 0 Å². The number of halogens is 1. The first kappa shape index (κ1) is 22.8. The minimum Gasteiger partial charge on any atom is -0.444 e. The summed E-state index contributed by atoms with van der Waals surface area (Å²) in [6, 6.07) is 3.51. The van der Waals surface area contributed by atoms with E-state index in [-0.39, 0.29) is 22.7 Å². The van der Waals surface area contributed by atoms with Crippen molar-refractivity contribution in [2.45, 2.75) is 39.3 Å². The Hall–Kier alpha value is -3.40. The molecule has 1 saturated heterocycles. The second-order valence-electron chi connectivity index (χ2n) is 8.98. The second-order valence-corrected chi connectivity index (χ2v) is 9.38. The number of anilines is 1. The lowest BCUT2D eigenvalue weighted by atomic mass is 10.1. The molecule has 0 aliphatic carbocycles. The van der Waals surface area contributed by atoms with Gasteiger partial charge < -0.3 is 20.3 Å². The van der Waals surface area contributed by atoms with Crippen LogP contribution < -0.4 is 10.6 Å². The quantitative estimate of drug-likeness (QED) is 0.623. The third-order valence-corrected chi connectivity index (χ3v) is 5.68. The van der Waals surface area contributed by atoms with E-state index >= 15 is 0 Å². The SMILES string of the molecule is C[C@H]1CN(C(=O)OC(C)(C)C)CCN1c1ncnc2c1ccn2-c1cc(Cl)c(C(N)=O)cn1. The largest absolute Gasteiger partial charge is 0.444 e. The van der Waals surface area contributed by atoms with Gasteiger partial charge in [0.1, 0.15) is 23.6 Å². The van der Waals surface area contributed by atoms with Crippen molar-refractivity contribution in [2.24, 2.45) is 5.73 Å². The van der Waals surface area contributed by atoms with Gasteiger partial charge in [-0.2, -0.15) is 0 Å². The van der Waals surface area contributed by atoms with Crippen LogP contribution in [0.25, 0.3) is 16.9 Å². The first-order chi connectivity index (χ1) is 15.5. The third-order valence-electron chi connectivity index (χ3n) is 5.36. The summed E-state index contributed by atoms with van der Waals surface area (Å²) in [4.78, 5) is 41.1. The van der Waals surface area contributed by atoms with Crippen LogP contribution in [0.15, 0.2) is 30.9 Å². The van der Waals surface area contributed by atoms with Crippen LogP contribution in [0.2, 0.25) is 5.02 Å². The van der Waals surface area contributed by atoms with E-state index in [9.17, 15) is 9.59 Å². The van der Waals surface area contributed by atoms with E-state index in [1.54, 1.807) is 15.5 Å². The fourth-order valence-electron chi connectivity index (χ4n) is 3.85. The minimum absolute atomic E-state index is 0.0233. The Balaban J connectivity index is 1.61. The Kier molecular flexibility index (Phi) is 5.87. The Labute approximate surface area is 196 Å². The number of pyridine rings is 1. The molecule has 0 saturated carbocycles. The molecule has 10 nitrogen and oxygen atoms in total. The summed E-state index contributed by atoms with van der Waals surface area (Å²) in [6.45, 7) is 9.27. The smallest absolute Gasteiger partial charge is 0.410 e. The van der Waals surface area contributed by atoms with Gasteiger partial charge in [-0.1, -0.05) is 11.6 Å². The summed E-state index contributed by atoms with van der Waals surface area (Å²) in [5.74, 6) is 0.642. The van der Waals surface area contributed by atoms with Gasteiger partial charge in [0.15, 0.2) is 5.65 Å². The summed E-state index contributed by atoms with van der Waals surface area (Å²) in [5, 5.41) is 1.06. The highest BCUT2D eigenvalue weighted by Crippen LogP contribution is 2.29.